The third-order valence-corrected chi connectivity index (χ3v) is 2.19. The fourth-order valence-electron chi connectivity index (χ4n) is 0.952. The first-order valence-electron chi connectivity index (χ1n) is 4.26. The van der Waals surface area contributed by atoms with Gasteiger partial charge < -0.3 is 4.74 Å². The van der Waals surface area contributed by atoms with Gasteiger partial charge >= 0.3 is 12.1 Å². The van der Waals surface area contributed by atoms with Crippen LogP contribution in [0.25, 0.3) is 0 Å². The van der Waals surface area contributed by atoms with Crippen LogP contribution >= 0.6 is 22.6 Å². The van der Waals surface area contributed by atoms with Gasteiger partial charge in [-0.05, 0) is 41.6 Å². The maximum Gasteiger partial charge on any atom is 0.433 e. The highest BCUT2D eigenvalue weighted by Gasteiger charge is 2.33. The van der Waals surface area contributed by atoms with Gasteiger partial charge in [0, 0.05) is 3.57 Å². The molecule has 0 unspecified atom stereocenters. The lowest BCUT2D eigenvalue weighted by Crippen LogP contribution is -2.14. The summed E-state index contributed by atoms with van der Waals surface area (Å²) in [7, 11) is 0. The Bertz CT molecular complexity index is 406. The molecule has 0 saturated heterocycles. The van der Waals surface area contributed by atoms with Crippen LogP contribution in [0.4, 0.5) is 13.2 Å². The second kappa shape index (κ2) is 4.98. The molecule has 1 aromatic rings. The minimum Gasteiger partial charge on any atom is -0.461 e. The van der Waals surface area contributed by atoms with Crippen molar-refractivity contribution in [2.24, 2.45) is 0 Å². The first-order chi connectivity index (χ1) is 7.34. The summed E-state index contributed by atoms with van der Waals surface area (Å²) in [6.45, 7) is 1.66. The van der Waals surface area contributed by atoms with Crippen LogP contribution in [0.2, 0.25) is 0 Å². The van der Waals surface area contributed by atoms with Gasteiger partial charge in [0.1, 0.15) is 11.4 Å². The highest BCUT2D eigenvalue weighted by molar-refractivity contribution is 14.1. The van der Waals surface area contributed by atoms with Crippen LogP contribution in [-0.4, -0.2) is 17.6 Å². The molecule has 0 aromatic carbocycles. The van der Waals surface area contributed by atoms with E-state index in [0.29, 0.717) is 0 Å². The van der Waals surface area contributed by atoms with Gasteiger partial charge in [-0.15, -0.1) is 0 Å². The van der Waals surface area contributed by atoms with Crippen LogP contribution in [0.15, 0.2) is 12.1 Å². The number of ether oxygens (including phenoxy) is 1. The van der Waals surface area contributed by atoms with Crippen molar-refractivity contribution < 1.29 is 22.7 Å². The minimum atomic E-state index is -4.57. The molecule has 0 N–H and O–H groups in total. The molecule has 0 bridgehead atoms. The van der Waals surface area contributed by atoms with Crippen molar-refractivity contribution in [3.63, 3.8) is 0 Å². The highest BCUT2D eigenvalue weighted by atomic mass is 127. The van der Waals surface area contributed by atoms with Gasteiger partial charge in [0.2, 0.25) is 0 Å². The Kier molecular flexibility index (Phi) is 4.11. The van der Waals surface area contributed by atoms with Crippen molar-refractivity contribution in [2.45, 2.75) is 13.1 Å². The molecular weight excluding hydrogens is 338 g/mol. The number of aromatic nitrogens is 1. The summed E-state index contributed by atoms with van der Waals surface area (Å²) in [5.74, 6) is -0.855. The molecule has 0 fully saturated rings. The van der Waals surface area contributed by atoms with Crippen molar-refractivity contribution in [1.82, 2.24) is 4.98 Å². The number of carbonyl (C=O) groups is 1. The number of rotatable bonds is 2. The Balaban J connectivity index is 3.13. The predicted molar refractivity (Wildman–Crippen MR) is 57.9 cm³/mol. The van der Waals surface area contributed by atoms with Crippen molar-refractivity contribution >= 4 is 28.6 Å². The van der Waals surface area contributed by atoms with E-state index in [0.717, 1.165) is 6.07 Å². The molecular formula is C9H7F3INO2. The predicted octanol–water partition coefficient (Wildman–Crippen LogP) is 2.88. The van der Waals surface area contributed by atoms with Crippen LogP contribution in [0.3, 0.4) is 0 Å². The molecule has 0 amide bonds. The minimum absolute atomic E-state index is 0.0906. The third kappa shape index (κ3) is 3.32. The lowest BCUT2D eigenvalue weighted by molar-refractivity contribution is -0.141. The smallest absolute Gasteiger partial charge is 0.433 e. The van der Waals surface area contributed by atoms with Crippen molar-refractivity contribution in [3.8, 4) is 0 Å². The summed E-state index contributed by atoms with van der Waals surface area (Å²) in [5.41, 5.74) is -1.43. The molecule has 0 aliphatic heterocycles. The van der Waals surface area contributed by atoms with E-state index >= 15 is 0 Å². The number of alkyl halides is 3. The zero-order valence-corrected chi connectivity index (χ0v) is 10.3. The van der Waals surface area contributed by atoms with Gasteiger partial charge in [0.25, 0.3) is 0 Å². The summed E-state index contributed by atoms with van der Waals surface area (Å²) < 4.78 is 42.0. The van der Waals surface area contributed by atoms with E-state index < -0.39 is 17.8 Å². The first-order valence-corrected chi connectivity index (χ1v) is 5.34. The number of esters is 1. The average molecular weight is 345 g/mol. The Morgan fingerprint density at radius 2 is 2.12 bits per heavy atom. The fourth-order valence-corrected chi connectivity index (χ4v) is 1.54. The molecule has 7 heteroatoms. The van der Waals surface area contributed by atoms with Crippen LogP contribution in [0, 0.1) is 3.57 Å². The van der Waals surface area contributed by atoms with E-state index in [-0.39, 0.29) is 15.9 Å². The highest BCUT2D eigenvalue weighted by Crippen LogP contribution is 2.28. The maximum absolute atomic E-state index is 12.4. The van der Waals surface area contributed by atoms with Crippen LogP contribution in [-0.2, 0) is 10.9 Å². The van der Waals surface area contributed by atoms with Gasteiger partial charge in [0.05, 0.1) is 6.61 Å². The number of pyridine rings is 1. The Morgan fingerprint density at radius 3 is 2.62 bits per heavy atom. The lowest BCUT2D eigenvalue weighted by atomic mass is 10.3. The Labute approximate surface area is 103 Å². The zero-order valence-electron chi connectivity index (χ0n) is 8.14. The summed E-state index contributed by atoms with van der Waals surface area (Å²) in [5, 5.41) is 0. The Hall–Kier alpha value is -0.860. The van der Waals surface area contributed by atoms with E-state index in [1.165, 1.54) is 6.07 Å². The molecule has 0 aliphatic rings. The van der Waals surface area contributed by atoms with Crippen LogP contribution in [0.1, 0.15) is 23.1 Å². The van der Waals surface area contributed by atoms with Gasteiger partial charge in [0.15, 0.2) is 0 Å². The molecule has 0 radical (unpaired) electrons. The van der Waals surface area contributed by atoms with Gasteiger partial charge in [-0.3, -0.25) is 0 Å². The number of hydrogen-bond acceptors (Lipinski definition) is 3. The van der Waals surface area contributed by atoms with E-state index in [1.807, 2.05) is 0 Å². The molecule has 1 rings (SSSR count). The van der Waals surface area contributed by atoms with Gasteiger partial charge in [-0.2, -0.15) is 13.2 Å². The normalized spacial score (nSPS) is 11.3. The Morgan fingerprint density at radius 1 is 1.50 bits per heavy atom. The second-order valence-corrected chi connectivity index (χ2v) is 4.02. The van der Waals surface area contributed by atoms with Crippen molar-refractivity contribution in [2.75, 3.05) is 6.61 Å². The topological polar surface area (TPSA) is 39.2 Å². The number of carbonyl (C=O) groups excluding carboxylic acids is 1. The summed E-state index contributed by atoms with van der Waals surface area (Å²) in [6, 6.07) is 2.11. The molecule has 16 heavy (non-hydrogen) atoms. The third-order valence-electron chi connectivity index (χ3n) is 1.57. The van der Waals surface area contributed by atoms with Crippen LogP contribution < -0.4 is 0 Å². The van der Waals surface area contributed by atoms with Gasteiger partial charge in [-0.1, -0.05) is 0 Å². The SMILES string of the molecule is CCOC(=O)c1cc(I)cc(C(F)(F)F)n1. The summed E-state index contributed by atoms with van der Waals surface area (Å²) >= 11 is 1.69. The summed E-state index contributed by atoms with van der Waals surface area (Å²) in [6.07, 6.45) is -4.57. The molecule has 0 aliphatic carbocycles. The molecule has 0 spiro atoms. The number of halogens is 4. The molecule has 0 saturated carbocycles. The standard InChI is InChI=1S/C9H7F3INO2/c1-2-16-8(15)6-3-5(13)4-7(14-6)9(10,11)12/h3-4H,2H2,1H3. The molecule has 0 atom stereocenters. The van der Waals surface area contributed by atoms with E-state index in [1.54, 1.807) is 29.5 Å². The quantitative estimate of drug-likeness (QED) is 0.611. The van der Waals surface area contributed by atoms with Crippen molar-refractivity contribution in [1.29, 1.82) is 0 Å². The zero-order chi connectivity index (χ0) is 12.3. The molecule has 88 valence electrons. The van der Waals surface area contributed by atoms with E-state index in [4.69, 9.17) is 0 Å². The fraction of sp³-hybridized carbons (Fsp3) is 0.333. The van der Waals surface area contributed by atoms with Gasteiger partial charge in [-0.25, -0.2) is 9.78 Å². The largest absolute Gasteiger partial charge is 0.461 e. The lowest BCUT2D eigenvalue weighted by Gasteiger charge is -2.08. The molecule has 1 aromatic heterocycles. The second-order valence-electron chi connectivity index (χ2n) is 2.77. The summed E-state index contributed by atoms with van der Waals surface area (Å²) in [4.78, 5) is 14.4. The van der Waals surface area contributed by atoms with Crippen molar-refractivity contribution in [3.05, 3.63) is 27.1 Å². The first kappa shape index (κ1) is 13.2. The monoisotopic (exact) mass is 345 g/mol. The number of hydrogen-bond donors (Lipinski definition) is 0. The molecule has 1 heterocycles. The van der Waals surface area contributed by atoms with Crippen LogP contribution in [0.5, 0.6) is 0 Å². The van der Waals surface area contributed by atoms with E-state index in [2.05, 4.69) is 9.72 Å². The average Bonchev–Trinajstić information content (AvgIpc) is 2.16. The number of nitrogens with zero attached hydrogens (tertiary/aromatic N) is 1. The van der Waals surface area contributed by atoms with E-state index in [9.17, 15) is 18.0 Å². The molecule has 3 nitrogen and oxygen atoms in total. The maximum atomic E-state index is 12.4.